The molecular formula is C31H33FN4O2. The van der Waals surface area contributed by atoms with Gasteiger partial charge in [0.05, 0.1) is 42.5 Å². The number of nitrogens with zero attached hydrogens (tertiary/aromatic N) is 2. The number of anilines is 1. The second-order valence-electron chi connectivity index (χ2n) is 10.9. The Hall–Kier alpha value is -3.71. The third kappa shape index (κ3) is 4.67. The van der Waals surface area contributed by atoms with Gasteiger partial charge in [0.15, 0.2) is 0 Å². The number of hydrogen-bond donors (Lipinski definition) is 2. The first kappa shape index (κ1) is 24.6. The van der Waals surface area contributed by atoms with Gasteiger partial charge >= 0.3 is 0 Å². The molecule has 2 saturated heterocycles. The molecule has 2 bridgehead atoms. The zero-order valence-corrected chi connectivity index (χ0v) is 21.8. The highest BCUT2D eigenvalue weighted by Gasteiger charge is 2.37. The van der Waals surface area contributed by atoms with Gasteiger partial charge in [0.2, 0.25) is 0 Å². The van der Waals surface area contributed by atoms with Crippen molar-refractivity contribution in [2.75, 3.05) is 18.1 Å². The molecule has 0 aliphatic carbocycles. The lowest BCUT2D eigenvalue weighted by Gasteiger charge is -2.36. The van der Waals surface area contributed by atoms with E-state index in [0.717, 1.165) is 35.4 Å². The number of ether oxygens (including phenoxy) is 1. The number of aromatic amines is 1. The molecule has 2 N–H and O–H groups in total. The number of fused-ring (bicyclic) bond motifs is 3. The predicted octanol–water partition coefficient (Wildman–Crippen LogP) is 6.25. The minimum absolute atomic E-state index is 0.230. The fourth-order valence-electron chi connectivity index (χ4n) is 5.95. The van der Waals surface area contributed by atoms with E-state index in [4.69, 9.17) is 4.74 Å². The zero-order chi connectivity index (χ0) is 26.2. The van der Waals surface area contributed by atoms with Crippen LogP contribution in [0.5, 0.6) is 0 Å². The highest BCUT2D eigenvalue weighted by atomic mass is 19.1. The molecule has 0 spiro atoms. The number of nitrogens with one attached hydrogen (secondary N) is 2. The Morgan fingerprint density at radius 3 is 2.53 bits per heavy atom. The van der Waals surface area contributed by atoms with E-state index < -0.39 is 6.04 Å². The number of benzene rings is 3. The summed E-state index contributed by atoms with van der Waals surface area (Å²) in [5, 5.41) is 11.6. The monoisotopic (exact) mass is 512 g/mol. The quantitative estimate of drug-likeness (QED) is 0.307. The van der Waals surface area contributed by atoms with Gasteiger partial charge < -0.3 is 15.0 Å². The number of aromatic nitrogens is 2. The van der Waals surface area contributed by atoms with Crippen LogP contribution in [0, 0.1) is 11.7 Å². The fourth-order valence-corrected chi connectivity index (χ4v) is 5.95. The summed E-state index contributed by atoms with van der Waals surface area (Å²) in [4.78, 5) is 15.8. The molecule has 1 aromatic heterocycles. The summed E-state index contributed by atoms with van der Waals surface area (Å²) in [5.74, 6) is -0.246. The first-order valence-corrected chi connectivity index (χ1v) is 13.5. The Kier molecular flexibility index (Phi) is 6.62. The minimum Gasteiger partial charge on any atom is -0.377 e. The molecule has 7 heteroatoms. The maximum atomic E-state index is 14.6. The number of morpholine rings is 1. The number of H-pyrrole nitrogens is 1. The number of rotatable bonds is 7. The van der Waals surface area contributed by atoms with Crippen molar-refractivity contribution in [2.24, 2.45) is 5.92 Å². The van der Waals surface area contributed by atoms with Crippen LogP contribution < -0.4 is 10.2 Å². The van der Waals surface area contributed by atoms with Gasteiger partial charge in [-0.3, -0.25) is 9.89 Å². The van der Waals surface area contributed by atoms with Crippen molar-refractivity contribution in [3.8, 4) is 11.3 Å². The van der Waals surface area contributed by atoms with Gasteiger partial charge in [0.1, 0.15) is 5.82 Å². The molecule has 3 aromatic carbocycles. The maximum absolute atomic E-state index is 14.6. The van der Waals surface area contributed by atoms with Crippen molar-refractivity contribution in [1.82, 2.24) is 15.5 Å². The van der Waals surface area contributed by atoms with Crippen molar-refractivity contribution in [2.45, 2.75) is 51.2 Å². The Morgan fingerprint density at radius 1 is 1.08 bits per heavy atom. The van der Waals surface area contributed by atoms with E-state index in [0.29, 0.717) is 35.5 Å². The van der Waals surface area contributed by atoms with Crippen LogP contribution >= 0.6 is 0 Å². The standard InChI is InChI=1S/C31H33FN4O2/c1-19(2)15-29(25-5-3-4-6-27(25)32)33-31(37)21-9-14-28-26(16-21)30(35-34-28)20-7-10-22(11-8-20)36-23-12-13-24(36)18-38-17-23/h3-11,14,16,19,23-24,29H,12-13,15,17-18H2,1-2H3,(H,33,37)(H,34,35)/t23-,24+,29-/m0/s1. The van der Waals surface area contributed by atoms with Crippen LogP contribution in [0.3, 0.4) is 0 Å². The van der Waals surface area contributed by atoms with E-state index in [-0.39, 0.29) is 11.7 Å². The first-order chi connectivity index (χ1) is 18.5. The summed E-state index contributed by atoms with van der Waals surface area (Å²) in [6.07, 6.45) is 3.00. The van der Waals surface area contributed by atoms with Gasteiger partial charge in [0.25, 0.3) is 5.91 Å². The third-order valence-electron chi connectivity index (χ3n) is 7.80. The van der Waals surface area contributed by atoms with Gasteiger partial charge in [-0.1, -0.05) is 44.2 Å². The zero-order valence-electron chi connectivity index (χ0n) is 21.8. The molecule has 0 unspecified atom stereocenters. The van der Waals surface area contributed by atoms with E-state index in [9.17, 15) is 9.18 Å². The molecule has 38 heavy (non-hydrogen) atoms. The van der Waals surface area contributed by atoms with Crippen LogP contribution in [0.1, 0.15) is 55.1 Å². The number of amides is 1. The molecule has 4 aromatic rings. The summed E-state index contributed by atoms with van der Waals surface area (Å²) in [6, 6.07) is 21.2. The second-order valence-corrected chi connectivity index (χ2v) is 10.9. The third-order valence-corrected chi connectivity index (χ3v) is 7.80. The Bertz CT molecular complexity index is 1430. The van der Waals surface area contributed by atoms with Crippen LogP contribution in [-0.2, 0) is 4.74 Å². The summed E-state index contributed by atoms with van der Waals surface area (Å²) < 4.78 is 20.3. The summed E-state index contributed by atoms with van der Waals surface area (Å²) in [6.45, 7) is 5.72. The smallest absolute Gasteiger partial charge is 0.251 e. The van der Waals surface area contributed by atoms with E-state index >= 15 is 0 Å². The lowest BCUT2D eigenvalue weighted by atomic mass is 9.96. The lowest BCUT2D eigenvalue weighted by molar-refractivity contribution is 0.0906. The number of halogens is 1. The number of hydrogen-bond acceptors (Lipinski definition) is 4. The molecule has 6 rings (SSSR count). The Morgan fingerprint density at radius 2 is 1.82 bits per heavy atom. The highest BCUT2D eigenvalue weighted by Crippen LogP contribution is 2.36. The maximum Gasteiger partial charge on any atom is 0.251 e. The van der Waals surface area contributed by atoms with Crippen LogP contribution in [0.15, 0.2) is 66.7 Å². The molecular weight excluding hydrogens is 479 g/mol. The van der Waals surface area contributed by atoms with Crippen LogP contribution in [0.4, 0.5) is 10.1 Å². The van der Waals surface area contributed by atoms with Gasteiger partial charge in [-0.15, -0.1) is 0 Å². The molecule has 3 atom stereocenters. The number of carbonyl (C=O) groups is 1. The van der Waals surface area contributed by atoms with Crippen molar-refractivity contribution in [1.29, 1.82) is 0 Å². The van der Waals surface area contributed by atoms with Crippen LogP contribution in [-0.4, -0.2) is 41.4 Å². The van der Waals surface area contributed by atoms with E-state index in [2.05, 4.69) is 58.5 Å². The van der Waals surface area contributed by atoms with Crippen LogP contribution in [0.2, 0.25) is 0 Å². The van der Waals surface area contributed by atoms with Gasteiger partial charge in [0, 0.05) is 27.8 Å². The summed E-state index contributed by atoms with van der Waals surface area (Å²) in [7, 11) is 0. The number of carbonyl (C=O) groups excluding carboxylic acids is 1. The van der Waals surface area contributed by atoms with Crippen molar-refractivity contribution >= 4 is 22.5 Å². The Labute approximate surface area is 222 Å². The largest absolute Gasteiger partial charge is 0.377 e. The topological polar surface area (TPSA) is 70.2 Å². The van der Waals surface area contributed by atoms with Crippen molar-refractivity contribution in [3.63, 3.8) is 0 Å². The van der Waals surface area contributed by atoms with Gasteiger partial charge in [-0.2, -0.15) is 5.10 Å². The van der Waals surface area contributed by atoms with Gasteiger partial charge in [-0.05, 0) is 61.6 Å². The summed E-state index contributed by atoms with van der Waals surface area (Å²) >= 11 is 0. The van der Waals surface area contributed by atoms with E-state index in [1.54, 1.807) is 24.3 Å². The molecule has 0 radical (unpaired) electrons. The molecule has 3 heterocycles. The second kappa shape index (κ2) is 10.2. The predicted molar refractivity (Wildman–Crippen MR) is 148 cm³/mol. The molecule has 2 aliphatic heterocycles. The van der Waals surface area contributed by atoms with E-state index in [1.165, 1.54) is 24.6 Å². The van der Waals surface area contributed by atoms with Gasteiger partial charge in [-0.25, -0.2) is 4.39 Å². The summed E-state index contributed by atoms with van der Waals surface area (Å²) in [5.41, 5.74) is 4.90. The van der Waals surface area contributed by atoms with E-state index in [1.807, 2.05) is 12.1 Å². The highest BCUT2D eigenvalue weighted by molar-refractivity contribution is 6.01. The lowest BCUT2D eigenvalue weighted by Crippen LogP contribution is -2.45. The average Bonchev–Trinajstić information content (AvgIpc) is 3.45. The molecule has 2 aliphatic rings. The van der Waals surface area contributed by atoms with Crippen molar-refractivity contribution < 1.29 is 13.9 Å². The molecule has 196 valence electrons. The first-order valence-electron chi connectivity index (χ1n) is 13.5. The van der Waals surface area contributed by atoms with Crippen LogP contribution in [0.25, 0.3) is 22.2 Å². The minimum atomic E-state index is -0.411. The Balaban J connectivity index is 1.26. The molecule has 0 saturated carbocycles. The fraction of sp³-hybridized carbons (Fsp3) is 0.355. The molecule has 1 amide bonds. The molecule has 2 fully saturated rings. The normalized spacial score (nSPS) is 19.7. The SMILES string of the molecule is CC(C)C[C@H](NC(=O)c1ccc2[nH]nc(-c3ccc(N4[C@@H]5CC[C@H]4COC5)cc3)c2c1)c1ccccc1F. The average molecular weight is 513 g/mol. The molecule has 6 nitrogen and oxygen atoms in total. The van der Waals surface area contributed by atoms with Crippen molar-refractivity contribution in [3.05, 3.63) is 83.7 Å².